The Labute approximate surface area is 320 Å². The van der Waals surface area contributed by atoms with Crippen molar-refractivity contribution in [3.8, 4) is 0 Å². The molecule has 0 unspecified atom stereocenters. The minimum atomic E-state index is -0.713. The molecule has 52 heavy (non-hydrogen) atoms. The highest BCUT2D eigenvalue weighted by atomic mass is 16.5. The fourth-order valence-electron chi connectivity index (χ4n) is 4.96. The molecule has 0 aromatic heterocycles. The summed E-state index contributed by atoms with van der Waals surface area (Å²) >= 11 is 0. The van der Waals surface area contributed by atoms with E-state index in [1.807, 2.05) is 0 Å². The number of ether oxygens (including phenoxy) is 2. The topological polar surface area (TPSA) is 145 Å². The lowest BCUT2D eigenvalue weighted by Crippen LogP contribution is -2.23. The Kier molecular flexibility index (Phi) is 54.4. The number of carbonyl (C=O) groups excluding carboxylic acids is 3. The van der Waals surface area contributed by atoms with Crippen LogP contribution in [-0.4, -0.2) is 56.2 Å². The standard InChI is InChI=1S/C21H39NO3.C17H30O4.C4H11N.CH4/c1-3-4-19-22-20(23)17-15-13-11-9-7-5-6-8-10-12-14-16-18-21(24)25-2;1-21-17(20)15-13-11-9-7-5-3-2-4-6-8-10-12-14-16(18)19;1-2-3-4-5;/h9,11H,3-8,10,12-19H2,1-2H3,(H,22,23);6,8H,2-5,7,9-15H2,1H3,(H,18,19);2-5H2,1H3;1H4/b11-9-;8-6-;;. The van der Waals surface area contributed by atoms with Gasteiger partial charge in [-0.05, 0) is 83.6 Å². The van der Waals surface area contributed by atoms with Crippen LogP contribution in [0.3, 0.4) is 0 Å². The zero-order valence-electron chi connectivity index (χ0n) is 33.5. The minimum absolute atomic E-state index is 0. The van der Waals surface area contributed by atoms with Gasteiger partial charge in [-0.25, -0.2) is 0 Å². The molecular formula is C43H84N2O7. The maximum absolute atomic E-state index is 11.5. The molecule has 0 saturated heterocycles. The van der Waals surface area contributed by atoms with Crippen LogP contribution < -0.4 is 11.1 Å². The number of esters is 2. The van der Waals surface area contributed by atoms with E-state index in [-0.39, 0.29) is 31.7 Å². The van der Waals surface area contributed by atoms with E-state index >= 15 is 0 Å². The number of hydrogen-bond acceptors (Lipinski definition) is 7. The number of allylic oxidation sites excluding steroid dienone is 4. The van der Waals surface area contributed by atoms with Crippen molar-refractivity contribution in [1.82, 2.24) is 5.32 Å². The maximum Gasteiger partial charge on any atom is 0.305 e. The fraction of sp³-hybridized carbons (Fsp3) is 0.814. The third-order valence-corrected chi connectivity index (χ3v) is 8.24. The van der Waals surface area contributed by atoms with Crippen LogP contribution in [0.15, 0.2) is 24.3 Å². The van der Waals surface area contributed by atoms with E-state index in [2.05, 4.69) is 52.9 Å². The first-order valence-electron chi connectivity index (χ1n) is 20.4. The van der Waals surface area contributed by atoms with Gasteiger partial charge in [-0.1, -0.05) is 123 Å². The van der Waals surface area contributed by atoms with Gasteiger partial charge in [-0.2, -0.15) is 0 Å². The van der Waals surface area contributed by atoms with Crippen molar-refractivity contribution in [2.45, 2.75) is 201 Å². The highest BCUT2D eigenvalue weighted by Gasteiger charge is 2.01. The Bertz CT molecular complexity index is 828. The summed E-state index contributed by atoms with van der Waals surface area (Å²) in [6.07, 6.45) is 37.6. The smallest absolute Gasteiger partial charge is 0.305 e. The van der Waals surface area contributed by atoms with Crippen LogP contribution in [-0.2, 0) is 28.7 Å². The van der Waals surface area contributed by atoms with Crippen molar-refractivity contribution < 1.29 is 33.8 Å². The molecule has 0 radical (unpaired) electrons. The molecule has 4 N–H and O–H groups in total. The van der Waals surface area contributed by atoms with Gasteiger partial charge in [0.05, 0.1) is 14.2 Å². The van der Waals surface area contributed by atoms with Gasteiger partial charge < -0.3 is 25.6 Å². The van der Waals surface area contributed by atoms with Gasteiger partial charge in [0, 0.05) is 32.2 Å². The van der Waals surface area contributed by atoms with Crippen LogP contribution in [0.2, 0.25) is 0 Å². The van der Waals surface area contributed by atoms with Gasteiger partial charge in [0.1, 0.15) is 0 Å². The van der Waals surface area contributed by atoms with Crippen molar-refractivity contribution in [3.63, 3.8) is 0 Å². The normalized spacial score (nSPS) is 10.5. The first-order chi connectivity index (χ1) is 24.8. The summed E-state index contributed by atoms with van der Waals surface area (Å²) in [4.78, 5) is 43.7. The molecule has 308 valence electrons. The highest BCUT2D eigenvalue weighted by Crippen LogP contribution is 2.12. The third-order valence-electron chi connectivity index (χ3n) is 8.24. The van der Waals surface area contributed by atoms with Crippen LogP contribution in [0, 0.1) is 0 Å². The van der Waals surface area contributed by atoms with Crippen molar-refractivity contribution in [1.29, 1.82) is 0 Å². The van der Waals surface area contributed by atoms with Crippen LogP contribution in [0.5, 0.6) is 0 Å². The number of carboxylic acid groups (broad SMARTS) is 1. The lowest BCUT2D eigenvalue weighted by Gasteiger charge is -2.02. The number of hydrogen-bond donors (Lipinski definition) is 3. The molecule has 0 fully saturated rings. The van der Waals surface area contributed by atoms with Gasteiger partial charge >= 0.3 is 17.9 Å². The summed E-state index contributed by atoms with van der Waals surface area (Å²) < 4.78 is 9.22. The summed E-state index contributed by atoms with van der Waals surface area (Å²) in [6.45, 7) is 5.92. The molecule has 0 rings (SSSR count). The van der Waals surface area contributed by atoms with E-state index in [1.54, 1.807) is 0 Å². The average molecular weight is 741 g/mol. The van der Waals surface area contributed by atoms with Crippen LogP contribution >= 0.6 is 0 Å². The van der Waals surface area contributed by atoms with Gasteiger partial charge in [-0.3, -0.25) is 19.2 Å². The summed E-state index contributed by atoms with van der Waals surface area (Å²) in [6, 6.07) is 0. The average Bonchev–Trinajstić information content (AvgIpc) is 3.12. The number of nitrogens with two attached hydrogens (primary N) is 1. The summed E-state index contributed by atoms with van der Waals surface area (Å²) in [7, 11) is 2.88. The molecule has 1 amide bonds. The Hall–Kier alpha value is -2.68. The van der Waals surface area contributed by atoms with Crippen molar-refractivity contribution >= 4 is 23.8 Å². The lowest BCUT2D eigenvalue weighted by molar-refractivity contribution is -0.141. The number of nitrogens with one attached hydrogen (secondary N) is 1. The Balaban J connectivity index is -0.000000389. The number of amides is 1. The van der Waals surface area contributed by atoms with Gasteiger partial charge in [0.15, 0.2) is 0 Å². The van der Waals surface area contributed by atoms with E-state index in [4.69, 9.17) is 10.8 Å². The van der Waals surface area contributed by atoms with Gasteiger partial charge in [0.2, 0.25) is 5.91 Å². The second-order valence-electron chi connectivity index (χ2n) is 13.1. The molecule has 0 aliphatic heterocycles. The molecule has 0 heterocycles. The molecule has 0 spiro atoms. The molecule has 0 aromatic rings. The number of aliphatic carboxylic acids is 1. The Morgan fingerprint density at radius 3 is 1.23 bits per heavy atom. The molecule has 0 atom stereocenters. The van der Waals surface area contributed by atoms with Gasteiger partial charge in [0.25, 0.3) is 0 Å². The fourth-order valence-corrected chi connectivity index (χ4v) is 4.96. The largest absolute Gasteiger partial charge is 0.481 e. The predicted octanol–water partition coefficient (Wildman–Crippen LogP) is 11.2. The van der Waals surface area contributed by atoms with Gasteiger partial charge in [-0.15, -0.1) is 0 Å². The highest BCUT2D eigenvalue weighted by molar-refractivity contribution is 5.75. The van der Waals surface area contributed by atoms with Crippen LogP contribution in [0.4, 0.5) is 0 Å². The Morgan fingerprint density at radius 2 is 0.885 bits per heavy atom. The summed E-state index contributed by atoms with van der Waals surface area (Å²) in [5.41, 5.74) is 5.14. The summed E-state index contributed by atoms with van der Waals surface area (Å²) in [5, 5.41) is 11.4. The van der Waals surface area contributed by atoms with Crippen molar-refractivity contribution in [2.75, 3.05) is 27.3 Å². The monoisotopic (exact) mass is 741 g/mol. The van der Waals surface area contributed by atoms with Crippen LogP contribution in [0.25, 0.3) is 0 Å². The van der Waals surface area contributed by atoms with E-state index < -0.39 is 5.97 Å². The summed E-state index contributed by atoms with van der Waals surface area (Å²) in [5.74, 6) is -0.725. The number of carbonyl (C=O) groups is 4. The molecule has 0 aromatic carbocycles. The zero-order valence-corrected chi connectivity index (χ0v) is 33.5. The Morgan fingerprint density at radius 1 is 0.519 bits per heavy atom. The molecule has 0 bridgehead atoms. The number of methoxy groups -OCH3 is 2. The number of rotatable bonds is 33. The first-order valence-corrected chi connectivity index (χ1v) is 20.4. The molecule has 9 heteroatoms. The molecular weight excluding hydrogens is 656 g/mol. The van der Waals surface area contributed by atoms with Crippen LogP contribution in [0.1, 0.15) is 201 Å². The maximum atomic E-state index is 11.5. The third kappa shape index (κ3) is 56.7. The predicted molar refractivity (Wildman–Crippen MR) is 219 cm³/mol. The van der Waals surface area contributed by atoms with E-state index in [1.165, 1.54) is 91.3 Å². The second kappa shape index (κ2) is 50.4. The molecule has 9 nitrogen and oxygen atoms in total. The molecule has 0 aliphatic rings. The van der Waals surface area contributed by atoms with E-state index in [0.717, 1.165) is 90.1 Å². The second-order valence-corrected chi connectivity index (χ2v) is 13.1. The quantitative estimate of drug-likeness (QED) is 0.0342. The van der Waals surface area contributed by atoms with E-state index in [0.29, 0.717) is 19.3 Å². The van der Waals surface area contributed by atoms with E-state index in [9.17, 15) is 19.2 Å². The lowest BCUT2D eigenvalue weighted by atomic mass is 10.1. The molecule has 0 saturated carbocycles. The zero-order chi connectivity index (χ0) is 38.5. The first kappa shape index (κ1) is 56.1. The number of carboxylic acids is 1. The number of unbranched alkanes of at least 4 members (excludes halogenated alkanes) is 18. The SMILES string of the molecule is C.CCCCN.CCCCNC(=O)CCC/C=C\CCCCCCCCCC(=O)OC.COC(=O)CCCCCCCCC/C=C\CCCC(=O)O. The van der Waals surface area contributed by atoms with Crippen molar-refractivity contribution in [2.24, 2.45) is 5.73 Å². The molecule has 0 aliphatic carbocycles. The minimum Gasteiger partial charge on any atom is -0.481 e. The van der Waals surface area contributed by atoms with Crippen molar-refractivity contribution in [3.05, 3.63) is 24.3 Å².